The Morgan fingerprint density at radius 2 is 1.03 bits per heavy atom. The number of allylic oxidation sites excluding steroid dienone is 2. The van der Waals surface area contributed by atoms with E-state index in [4.69, 9.17) is 9.47 Å². The van der Waals surface area contributed by atoms with E-state index in [0.29, 0.717) is 19.6 Å². The molecule has 184 valence electrons. The first-order valence-corrected chi connectivity index (χ1v) is 13.7. The van der Waals surface area contributed by atoms with E-state index < -0.39 is 0 Å². The van der Waals surface area contributed by atoms with Crippen molar-refractivity contribution in [1.29, 1.82) is 0 Å². The Balaban J connectivity index is 3.16. The number of rotatable bonds is 25. The Kier molecular flexibility index (Phi) is 26.5. The molecule has 0 aromatic rings. The summed E-state index contributed by atoms with van der Waals surface area (Å²) in [4.78, 5) is 11.6. The van der Waals surface area contributed by atoms with Crippen molar-refractivity contribution in [3.8, 4) is 0 Å². The summed E-state index contributed by atoms with van der Waals surface area (Å²) in [5.74, 6) is -0.0693. The lowest BCUT2D eigenvalue weighted by Gasteiger charge is -2.06. The van der Waals surface area contributed by atoms with Gasteiger partial charge in [0.05, 0.1) is 6.61 Å². The van der Waals surface area contributed by atoms with Gasteiger partial charge in [-0.3, -0.25) is 4.79 Å². The molecule has 0 bridgehead atoms. The van der Waals surface area contributed by atoms with E-state index in [1.54, 1.807) is 0 Å². The van der Waals surface area contributed by atoms with Crippen molar-refractivity contribution in [3.63, 3.8) is 0 Å². The molecule has 0 spiro atoms. The van der Waals surface area contributed by atoms with Crippen LogP contribution in [-0.2, 0) is 14.3 Å². The fraction of sp³-hybridized carbons (Fsp3) is 0.893. The molecule has 3 heteroatoms. The first-order valence-electron chi connectivity index (χ1n) is 13.7. The lowest BCUT2D eigenvalue weighted by Crippen LogP contribution is -2.10. The summed E-state index contributed by atoms with van der Waals surface area (Å²) in [5, 5.41) is 0. The van der Waals surface area contributed by atoms with Crippen molar-refractivity contribution >= 4 is 5.97 Å². The zero-order chi connectivity index (χ0) is 22.7. The molecule has 0 saturated carbocycles. The number of carbonyl (C=O) groups is 1. The lowest BCUT2D eigenvalue weighted by atomic mass is 10.1. The molecule has 0 amide bonds. The van der Waals surface area contributed by atoms with Crippen LogP contribution < -0.4 is 0 Å². The molecule has 0 rings (SSSR count). The average molecular weight is 439 g/mol. The lowest BCUT2D eigenvalue weighted by molar-refractivity contribution is -0.145. The van der Waals surface area contributed by atoms with E-state index >= 15 is 0 Å². The van der Waals surface area contributed by atoms with Crippen LogP contribution in [0.25, 0.3) is 0 Å². The predicted octanol–water partition coefficient (Wildman–Crippen LogP) is 8.94. The average Bonchev–Trinajstić information content (AvgIpc) is 2.77. The number of carbonyl (C=O) groups excluding carboxylic acids is 1. The van der Waals surface area contributed by atoms with E-state index in [0.717, 1.165) is 32.3 Å². The third-order valence-corrected chi connectivity index (χ3v) is 5.78. The molecule has 0 aromatic carbocycles. The second kappa shape index (κ2) is 27.2. The molecular weight excluding hydrogens is 384 g/mol. The third-order valence-electron chi connectivity index (χ3n) is 5.78. The number of hydrogen-bond acceptors (Lipinski definition) is 3. The molecule has 31 heavy (non-hydrogen) atoms. The largest absolute Gasteiger partial charge is 0.463 e. The van der Waals surface area contributed by atoms with Crippen molar-refractivity contribution in [2.45, 2.75) is 142 Å². The Morgan fingerprint density at radius 1 is 0.548 bits per heavy atom. The highest BCUT2D eigenvalue weighted by atomic mass is 16.6. The summed E-state index contributed by atoms with van der Waals surface area (Å²) in [6, 6.07) is 0. The molecule has 3 nitrogen and oxygen atoms in total. The molecule has 0 aliphatic heterocycles. The Labute approximate surface area is 194 Å². The van der Waals surface area contributed by atoms with Gasteiger partial charge in [-0.1, -0.05) is 109 Å². The monoisotopic (exact) mass is 438 g/mol. The van der Waals surface area contributed by atoms with Gasteiger partial charge in [0.2, 0.25) is 0 Å². The smallest absolute Gasteiger partial charge is 0.305 e. The van der Waals surface area contributed by atoms with Gasteiger partial charge in [-0.2, -0.15) is 0 Å². The van der Waals surface area contributed by atoms with Crippen molar-refractivity contribution in [3.05, 3.63) is 12.2 Å². The Bertz CT molecular complexity index is 378. The maximum atomic E-state index is 11.6. The highest BCUT2D eigenvalue weighted by Gasteiger charge is 2.02. The van der Waals surface area contributed by atoms with Crippen LogP contribution in [0.15, 0.2) is 12.2 Å². The summed E-state index contributed by atoms with van der Waals surface area (Å²) in [5.41, 5.74) is 0. The van der Waals surface area contributed by atoms with Crippen LogP contribution in [0.4, 0.5) is 0 Å². The van der Waals surface area contributed by atoms with Crippen LogP contribution >= 0.6 is 0 Å². The highest BCUT2D eigenvalue weighted by Crippen LogP contribution is 2.12. The molecule has 0 saturated heterocycles. The molecule has 0 atom stereocenters. The maximum absolute atomic E-state index is 11.6. The van der Waals surface area contributed by atoms with Crippen molar-refractivity contribution < 1.29 is 14.3 Å². The van der Waals surface area contributed by atoms with E-state index in [2.05, 4.69) is 26.0 Å². The maximum Gasteiger partial charge on any atom is 0.305 e. The first-order chi connectivity index (χ1) is 15.3. The molecule has 0 aliphatic carbocycles. The molecule has 0 fully saturated rings. The topological polar surface area (TPSA) is 35.5 Å². The standard InChI is InChI=1S/C28H54O3/c1-3-5-7-8-9-10-11-12-13-14-15-16-17-18-19-20-21-22-23-24-28(29)31-27-26-30-25-6-4-2/h12-13H,3-11,14-27H2,1-2H3/b13-12-. The Hall–Kier alpha value is -0.830. The minimum absolute atomic E-state index is 0.0693. The highest BCUT2D eigenvalue weighted by molar-refractivity contribution is 5.69. The van der Waals surface area contributed by atoms with Crippen molar-refractivity contribution in [2.24, 2.45) is 0 Å². The fourth-order valence-electron chi connectivity index (χ4n) is 3.68. The zero-order valence-electron chi connectivity index (χ0n) is 21.1. The molecule has 0 heterocycles. The van der Waals surface area contributed by atoms with Gasteiger partial charge in [0, 0.05) is 13.0 Å². The van der Waals surface area contributed by atoms with Gasteiger partial charge < -0.3 is 9.47 Å². The van der Waals surface area contributed by atoms with E-state index in [1.807, 2.05) is 0 Å². The number of unbranched alkanes of at least 4 members (excludes halogenated alkanes) is 16. The van der Waals surface area contributed by atoms with Crippen LogP contribution in [0.2, 0.25) is 0 Å². The number of hydrogen-bond donors (Lipinski definition) is 0. The molecule has 0 radical (unpaired) electrons. The fourth-order valence-corrected chi connectivity index (χ4v) is 3.68. The zero-order valence-corrected chi connectivity index (χ0v) is 21.1. The molecule has 0 aromatic heterocycles. The van der Waals surface area contributed by atoms with Crippen molar-refractivity contribution in [1.82, 2.24) is 0 Å². The molecule has 0 aliphatic rings. The van der Waals surface area contributed by atoms with Crippen LogP contribution in [0.3, 0.4) is 0 Å². The van der Waals surface area contributed by atoms with Crippen LogP contribution in [-0.4, -0.2) is 25.8 Å². The number of esters is 1. The summed E-state index contributed by atoms with van der Waals surface area (Å²) in [6.07, 6.45) is 29.9. The van der Waals surface area contributed by atoms with Gasteiger partial charge in [0.1, 0.15) is 6.61 Å². The summed E-state index contributed by atoms with van der Waals surface area (Å²) >= 11 is 0. The van der Waals surface area contributed by atoms with Gasteiger partial charge in [0.25, 0.3) is 0 Å². The van der Waals surface area contributed by atoms with E-state index in [1.165, 1.54) is 96.3 Å². The van der Waals surface area contributed by atoms with Gasteiger partial charge in [-0.25, -0.2) is 0 Å². The van der Waals surface area contributed by atoms with E-state index in [9.17, 15) is 4.79 Å². The predicted molar refractivity (Wildman–Crippen MR) is 135 cm³/mol. The van der Waals surface area contributed by atoms with Crippen LogP contribution in [0.5, 0.6) is 0 Å². The molecular formula is C28H54O3. The first kappa shape index (κ1) is 30.2. The molecule has 0 unspecified atom stereocenters. The second-order valence-corrected chi connectivity index (χ2v) is 8.93. The second-order valence-electron chi connectivity index (χ2n) is 8.93. The van der Waals surface area contributed by atoms with Gasteiger partial charge in [-0.15, -0.1) is 0 Å². The van der Waals surface area contributed by atoms with Gasteiger partial charge >= 0.3 is 5.97 Å². The summed E-state index contributed by atoms with van der Waals surface area (Å²) in [6.45, 7) is 6.12. The normalized spacial score (nSPS) is 11.4. The quantitative estimate of drug-likeness (QED) is 0.0810. The van der Waals surface area contributed by atoms with E-state index in [-0.39, 0.29) is 5.97 Å². The summed E-state index contributed by atoms with van der Waals surface area (Å²) in [7, 11) is 0. The van der Waals surface area contributed by atoms with Gasteiger partial charge in [-0.05, 0) is 38.5 Å². The number of ether oxygens (including phenoxy) is 2. The third kappa shape index (κ3) is 27.1. The minimum Gasteiger partial charge on any atom is -0.463 e. The minimum atomic E-state index is -0.0693. The summed E-state index contributed by atoms with van der Waals surface area (Å²) < 4.78 is 10.6. The SMILES string of the molecule is CCCCCCCC/C=C\CCCCCCCCCCCC(=O)OCCOCCCC. The molecule has 0 N–H and O–H groups in total. The Morgan fingerprint density at radius 3 is 1.58 bits per heavy atom. The van der Waals surface area contributed by atoms with Gasteiger partial charge in [0.15, 0.2) is 0 Å². The van der Waals surface area contributed by atoms with Crippen LogP contribution in [0, 0.1) is 0 Å². The van der Waals surface area contributed by atoms with Crippen LogP contribution in [0.1, 0.15) is 142 Å². The van der Waals surface area contributed by atoms with Crippen molar-refractivity contribution in [2.75, 3.05) is 19.8 Å².